The maximum absolute atomic E-state index is 13.1. The second kappa shape index (κ2) is 7.64. The average molecular weight is 419 g/mol. The van der Waals surface area contributed by atoms with Crippen LogP contribution in [0.4, 0.5) is 0 Å². The molecule has 31 heavy (non-hydrogen) atoms. The molecule has 0 aliphatic heterocycles. The summed E-state index contributed by atoms with van der Waals surface area (Å²) >= 11 is 0. The third kappa shape index (κ3) is 3.31. The monoisotopic (exact) mass is 419 g/mol. The van der Waals surface area contributed by atoms with Crippen molar-refractivity contribution in [2.45, 2.75) is 0 Å². The molecule has 0 saturated heterocycles. The molecule has 0 radical (unpaired) electrons. The Bertz CT molecular complexity index is 1440. The molecule has 0 aliphatic carbocycles. The molecule has 0 unspecified atom stereocenters. The molecule has 4 aromatic rings. The molecule has 0 saturated carbocycles. The van der Waals surface area contributed by atoms with E-state index in [0.717, 1.165) is 10.1 Å². The van der Waals surface area contributed by atoms with Gasteiger partial charge < -0.3 is 14.6 Å². The van der Waals surface area contributed by atoms with Gasteiger partial charge >= 0.3 is 5.69 Å². The van der Waals surface area contributed by atoms with Crippen LogP contribution in [0, 0.1) is 0 Å². The summed E-state index contributed by atoms with van der Waals surface area (Å²) in [5.74, 6) is 0.929. The number of benzene rings is 2. The predicted octanol–water partition coefficient (Wildman–Crippen LogP) is 2.69. The van der Waals surface area contributed by atoms with E-state index in [1.807, 2.05) is 24.3 Å². The molecule has 0 atom stereocenters. The van der Waals surface area contributed by atoms with Crippen molar-refractivity contribution in [1.82, 2.24) is 14.1 Å². The summed E-state index contributed by atoms with van der Waals surface area (Å²) < 4.78 is 13.0. The summed E-state index contributed by atoms with van der Waals surface area (Å²) in [6.45, 7) is 0. The highest BCUT2D eigenvalue weighted by atomic mass is 16.5. The average Bonchev–Trinajstić information content (AvgIpc) is 2.80. The standard InChI is InChI=1S/C23H21N3O5/c1-25-21-20(22(28)26(2)23(25)29)16(13-6-5-7-15(10-13)30-3)12-17(24-21)14-8-9-18(27)19(11-14)31-4/h5-12,27H,1-4H3. The highest BCUT2D eigenvalue weighted by Crippen LogP contribution is 2.35. The number of phenolic OH excluding ortho intramolecular Hbond substituents is 1. The second-order valence-electron chi connectivity index (χ2n) is 7.08. The van der Waals surface area contributed by atoms with Crippen LogP contribution in [0.15, 0.2) is 58.1 Å². The van der Waals surface area contributed by atoms with Crippen LogP contribution in [0.5, 0.6) is 17.2 Å². The fourth-order valence-electron chi connectivity index (χ4n) is 3.56. The number of hydrogen-bond donors (Lipinski definition) is 1. The van der Waals surface area contributed by atoms with Crippen molar-refractivity contribution in [2.75, 3.05) is 14.2 Å². The highest BCUT2D eigenvalue weighted by Gasteiger charge is 2.18. The molecule has 0 spiro atoms. The first-order valence-electron chi connectivity index (χ1n) is 9.48. The van der Waals surface area contributed by atoms with Crippen molar-refractivity contribution in [2.24, 2.45) is 14.1 Å². The number of pyridine rings is 1. The van der Waals surface area contributed by atoms with Crippen LogP contribution in [0.3, 0.4) is 0 Å². The van der Waals surface area contributed by atoms with Crippen LogP contribution < -0.4 is 20.7 Å². The number of hydrogen-bond acceptors (Lipinski definition) is 6. The van der Waals surface area contributed by atoms with Gasteiger partial charge in [0, 0.05) is 25.2 Å². The van der Waals surface area contributed by atoms with Crippen LogP contribution in [-0.4, -0.2) is 33.4 Å². The Kier molecular flexibility index (Phi) is 4.98. The fourth-order valence-corrected chi connectivity index (χ4v) is 3.56. The topological polar surface area (TPSA) is 95.6 Å². The number of rotatable bonds is 4. The van der Waals surface area contributed by atoms with Gasteiger partial charge in [0.2, 0.25) is 0 Å². The lowest BCUT2D eigenvalue weighted by Gasteiger charge is -2.14. The van der Waals surface area contributed by atoms with E-state index in [-0.39, 0.29) is 11.4 Å². The van der Waals surface area contributed by atoms with E-state index in [1.54, 1.807) is 32.4 Å². The van der Waals surface area contributed by atoms with E-state index in [2.05, 4.69) is 4.98 Å². The summed E-state index contributed by atoms with van der Waals surface area (Å²) in [4.78, 5) is 30.2. The van der Waals surface area contributed by atoms with Gasteiger partial charge in [-0.25, -0.2) is 9.78 Å². The molecule has 0 fully saturated rings. The molecule has 4 rings (SSSR count). The number of nitrogens with zero attached hydrogens (tertiary/aromatic N) is 3. The van der Waals surface area contributed by atoms with Gasteiger partial charge in [0.15, 0.2) is 17.1 Å². The number of methoxy groups -OCH3 is 2. The summed E-state index contributed by atoms with van der Waals surface area (Å²) in [7, 11) is 6.05. The minimum absolute atomic E-state index is 0.00123. The van der Waals surface area contributed by atoms with E-state index in [0.29, 0.717) is 33.7 Å². The van der Waals surface area contributed by atoms with E-state index in [9.17, 15) is 14.7 Å². The first-order chi connectivity index (χ1) is 14.8. The maximum Gasteiger partial charge on any atom is 0.332 e. The second-order valence-corrected chi connectivity index (χ2v) is 7.08. The first kappa shape index (κ1) is 20.2. The Morgan fingerprint density at radius 3 is 2.39 bits per heavy atom. The van der Waals surface area contributed by atoms with Gasteiger partial charge in [0.25, 0.3) is 5.56 Å². The zero-order valence-electron chi connectivity index (χ0n) is 17.5. The summed E-state index contributed by atoms with van der Waals surface area (Å²) in [5.41, 5.74) is 1.90. The van der Waals surface area contributed by atoms with E-state index < -0.39 is 11.2 Å². The molecule has 2 aromatic carbocycles. The highest BCUT2D eigenvalue weighted by molar-refractivity contribution is 5.95. The van der Waals surface area contributed by atoms with Crippen LogP contribution in [0.2, 0.25) is 0 Å². The molecule has 8 heteroatoms. The Labute approximate surface area is 177 Å². The number of aromatic nitrogens is 3. The predicted molar refractivity (Wildman–Crippen MR) is 118 cm³/mol. The van der Waals surface area contributed by atoms with Crippen LogP contribution in [-0.2, 0) is 14.1 Å². The van der Waals surface area contributed by atoms with E-state index in [1.165, 1.54) is 24.8 Å². The summed E-state index contributed by atoms with van der Waals surface area (Å²) in [5, 5.41) is 10.3. The van der Waals surface area contributed by atoms with Crippen molar-refractivity contribution >= 4 is 11.0 Å². The van der Waals surface area contributed by atoms with E-state index in [4.69, 9.17) is 9.47 Å². The minimum Gasteiger partial charge on any atom is -0.504 e. The molecule has 2 aromatic heterocycles. The SMILES string of the molecule is COc1cccc(-c2cc(-c3ccc(O)c(OC)c3)nc3c2c(=O)n(C)c(=O)n3C)c1. The Morgan fingerprint density at radius 2 is 1.68 bits per heavy atom. The zero-order valence-corrected chi connectivity index (χ0v) is 17.5. The quantitative estimate of drug-likeness (QED) is 0.547. The fraction of sp³-hybridized carbons (Fsp3) is 0.174. The van der Waals surface area contributed by atoms with Crippen LogP contribution >= 0.6 is 0 Å². The maximum atomic E-state index is 13.1. The minimum atomic E-state index is -0.470. The van der Waals surface area contributed by atoms with Gasteiger partial charge in [-0.3, -0.25) is 13.9 Å². The Balaban J connectivity index is 2.14. The third-order valence-electron chi connectivity index (χ3n) is 5.27. The lowest BCUT2D eigenvalue weighted by Crippen LogP contribution is -2.37. The smallest absolute Gasteiger partial charge is 0.332 e. The van der Waals surface area contributed by atoms with Gasteiger partial charge in [-0.1, -0.05) is 12.1 Å². The van der Waals surface area contributed by atoms with Gasteiger partial charge in [0.05, 0.1) is 25.3 Å². The molecule has 158 valence electrons. The molecule has 8 nitrogen and oxygen atoms in total. The largest absolute Gasteiger partial charge is 0.504 e. The summed E-state index contributed by atoms with van der Waals surface area (Å²) in [6, 6.07) is 14.0. The molecule has 1 N–H and O–H groups in total. The Morgan fingerprint density at radius 1 is 0.903 bits per heavy atom. The van der Waals surface area contributed by atoms with Crippen molar-refractivity contribution in [3.05, 3.63) is 69.4 Å². The normalized spacial score (nSPS) is 11.0. The number of aryl methyl sites for hydroxylation is 1. The van der Waals surface area contributed by atoms with E-state index >= 15 is 0 Å². The van der Waals surface area contributed by atoms with Gasteiger partial charge in [-0.2, -0.15) is 0 Å². The molecule has 0 bridgehead atoms. The zero-order chi connectivity index (χ0) is 22.3. The molecule has 0 amide bonds. The van der Waals surface area contributed by atoms with Gasteiger partial charge in [-0.15, -0.1) is 0 Å². The molecular weight excluding hydrogens is 398 g/mol. The molecule has 0 aliphatic rings. The molecule has 2 heterocycles. The van der Waals surface area contributed by atoms with Crippen molar-refractivity contribution in [3.63, 3.8) is 0 Å². The Hall–Kier alpha value is -4.07. The van der Waals surface area contributed by atoms with Crippen LogP contribution in [0.25, 0.3) is 33.4 Å². The molecular formula is C23H21N3O5. The number of phenols is 1. The van der Waals surface area contributed by atoms with Crippen molar-refractivity contribution in [3.8, 4) is 39.6 Å². The third-order valence-corrected chi connectivity index (χ3v) is 5.27. The lowest BCUT2D eigenvalue weighted by molar-refractivity contribution is 0.373. The number of ether oxygens (including phenoxy) is 2. The number of fused-ring (bicyclic) bond motifs is 1. The first-order valence-corrected chi connectivity index (χ1v) is 9.48. The van der Waals surface area contributed by atoms with Crippen LogP contribution in [0.1, 0.15) is 0 Å². The summed E-state index contributed by atoms with van der Waals surface area (Å²) in [6.07, 6.45) is 0. The lowest BCUT2D eigenvalue weighted by atomic mass is 9.99. The van der Waals surface area contributed by atoms with Crippen molar-refractivity contribution in [1.29, 1.82) is 0 Å². The van der Waals surface area contributed by atoms with Crippen molar-refractivity contribution < 1.29 is 14.6 Å². The van der Waals surface area contributed by atoms with Gasteiger partial charge in [0.1, 0.15) is 5.75 Å². The number of aromatic hydroxyl groups is 1. The van der Waals surface area contributed by atoms with Gasteiger partial charge in [-0.05, 0) is 42.0 Å².